The summed E-state index contributed by atoms with van der Waals surface area (Å²) in [5.74, 6) is 1.30. The third-order valence-electron chi connectivity index (χ3n) is 3.19. The van der Waals surface area contributed by atoms with Gasteiger partial charge in [0.15, 0.2) is 0 Å². The number of rotatable bonds is 2. The molecule has 100 valence electrons. The average molecular weight is 355 g/mol. The summed E-state index contributed by atoms with van der Waals surface area (Å²) in [4.78, 5) is 2.07. The summed E-state index contributed by atoms with van der Waals surface area (Å²) >= 11 is 10.8. The largest absolute Gasteiger partial charge is 0.387 e. The summed E-state index contributed by atoms with van der Waals surface area (Å²) in [7, 11) is 1.95. The summed E-state index contributed by atoms with van der Waals surface area (Å²) in [5, 5.41) is 10.4. The van der Waals surface area contributed by atoms with E-state index in [1.165, 1.54) is 0 Å². The molecular formula is C12H14BrClFNOS. The van der Waals surface area contributed by atoms with Gasteiger partial charge in [-0.15, -0.1) is 0 Å². The molecule has 1 aromatic rings. The van der Waals surface area contributed by atoms with Crippen molar-refractivity contribution in [2.75, 3.05) is 25.1 Å². The molecule has 1 aliphatic heterocycles. The van der Waals surface area contributed by atoms with Crippen molar-refractivity contribution in [3.63, 3.8) is 0 Å². The fourth-order valence-corrected chi connectivity index (χ4v) is 3.75. The van der Waals surface area contributed by atoms with Crippen molar-refractivity contribution in [2.45, 2.75) is 12.1 Å². The third-order valence-corrected chi connectivity index (χ3v) is 5.50. The Morgan fingerprint density at radius 1 is 1.61 bits per heavy atom. The molecule has 2 unspecified atom stereocenters. The molecule has 0 saturated carbocycles. The van der Waals surface area contributed by atoms with E-state index in [2.05, 4.69) is 20.8 Å². The summed E-state index contributed by atoms with van der Waals surface area (Å²) < 4.78 is 14.6. The van der Waals surface area contributed by atoms with Crippen LogP contribution in [0.3, 0.4) is 0 Å². The van der Waals surface area contributed by atoms with Gasteiger partial charge in [-0.05, 0) is 29.0 Å². The van der Waals surface area contributed by atoms with Gasteiger partial charge in [0.25, 0.3) is 0 Å². The molecule has 1 fully saturated rings. The van der Waals surface area contributed by atoms with E-state index in [4.69, 9.17) is 11.6 Å². The van der Waals surface area contributed by atoms with E-state index in [0.717, 1.165) is 18.1 Å². The molecule has 1 saturated heterocycles. The van der Waals surface area contributed by atoms with Crippen LogP contribution in [-0.4, -0.2) is 41.1 Å². The molecule has 2 atom stereocenters. The summed E-state index contributed by atoms with van der Waals surface area (Å²) in [6, 6.07) is 3.18. The summed E-state index contributed by atoms with van der Waals surface area (Å²) in [5.41, 5.74) is 0.266. The molecule has 0 radical (unpaired) electrons. The quantitative estimate of drug-likeness (QED) is 0.824. The second-order valence-corrected chi connectivity index (χ2v) is 6.71. The van der Waals surface area contributed by atoms with Gasteiger partial charge >= 0.3 is 0 Å². The molecule has 0 aromatic heterocycles. The molecule has 1 heterocycles. The zero-order valence-electron chi connectivity index (χ0n) is 9.87. The zero-order chi connectivity index (χ0) is 13.3. The minimum Gasteiger partial charge on any atom is -0.387 e. The third kappa shape index (κ3) is 2.85. The number of benzene rings is 1. The highest BCUT2D eigenvalue weighted by molar-refractivity contribution is 9.10. The number of nitrogens with zero attached hydrogens (tertiary/aromatic N) is 1. The fourth-order valence-electron chi connectivity index (χ4n) is 2.01. The first-order chi connectivity index (χ1) is 8.52. The first-order valence-electron chi connectivity index (χ1n) is 5.62. The molecule has 18 heavy (non-hydrogen) atoms. The Balaban J connectivity index is 2.28. The SMILES string of the molecule is CN1CCSCC1C(O)c1ccc(Br)c(Cl)c1F. The fraction of sp³-hybridized carbons (Fsp3) is 0.500. The van der Waals surface area contributed by atoms with Gasteiger partial charge < -0.3 is 5.11 Å². The average Bonchev–Trinajstić information content (AvgIpc) is 2.36. The molecule has 0 bridgehead atoms. The number of thioether (sulfide) groups is 1. The van der Waals surface area contributed by atoms with Crippen LogP contribution in [0.2, 0.25) is 5.02 Å². The van der Waals surface area contributed by atoms with Crippen LogP contribution in [0.1, 0.15) is 11.7 Å². The number of aliphatic hydroxyl groups excluding tert-OH is 1. The van der Waals surface area contributed by atoms with Gasteiger partial charge in [-0.2, -0.15) is 11.8 Å². The lowest BCUT2D eigenvalue weighted by molar-refractivity contribution is 0.0731. The maximum atomic E-state index is 14.0. The van der Waals surface area contributed by atoms with Crippen molar-refractivity contribution < 1.29 is 9.50 Å². The number of aliphatic hydroxyl groups is 1. The van der Waals surface area contributed by atoms with E-state index in [1.54, 1.807) is 23.9 Å². The van der Waals surface area contributed by atoms with Crippen LogP contribution in [0, 0.1) is 5.82 Å². The van der Waals surface area contributed by atoms with Gasteiger partial charge in [-0.25, -0.2) is 4.39 Å². The Kier molecular flexibility index (Phi) is 4.94. The normalized spacial score (nSPS) is 23.1. The van der Waals surface area contributed by atoms with Crippen LogP contribution in [0.4, 0.5) is 4.39 Å². The van der Waals surface area contributed by atoms with Gasteiger partial charge in [0.1, 0.15) is 5.82 Å². The van der Waals surface area contributed by atoms with Crippen molar-refractivity contribution in [1.82, 2.24) is 4.90 Å². The second kappa shape index (κ2) is 6.09. The van der Waals surface area contributed by atoms with E-state index in [-0.39, 0.29) is 16.6 Å². The lowest BCUT2D eigenvalue weighted by Crippen LogP contribution is -2.43. The smallest absolute Gasteiger partial charge is 0.148 e. The second-order valence-electron chi connectivity index (χ2n) is 4.33. The van der Waals surface area contributed by atoms with Gasteiger partial charge in [0.05, 0.1) is 11.1 Å². The van der Waals surface area contributed by atoms with Crippen molar-refractivity contribution in [3.05, 3.63) is 33.0 Å². The highest BCUT2D eigenvalue weighted by Gasteiger charge is 2.30. The van der Waals surface area contributed by atoms with E-state index in [9.17, 15) is 9.50 Å². The molecular weight excluding hydrogens is 341 g/mol. The Morgan fingerprint density at radius 2 is 2.33 bits per heavy atom. The van der Waals surface area contributed by atoms with E-state index < -0.39 is 11.9 Å². The van der Waals surface area contributed by atoms with Crippen molar-refractivity contribution in [1.29, 1.82) is 0 Å². The van der Waals surface area contributed by atoms with Crippen LogP contribution >= 0.6 is 39.3 Å². The molecule has 0 spiro atoms. The van der Waals surface area contributed by atoms with Crippen LogP contribution in [0.25, 0.3) is 0 Å². The number of hydrogen-bond donors (Lipinski definition) is 1. The van der Waals surface area contributed by atoms with E-state index in [0.29, 0.717) is 4.47 Å². The van der Waals surface area contributed by atoms with Gasteiger partial charge in [0.2, 0.25) is 0 Å². The molecule has 2 nitrogen and oxygen atoms in total. The zero-order valence-corrected chi connectivity index (χ0v) is 13.0. The molecule has 6 heteroatoms. The van der Waals surface area contributed by atoms with Crippen LogP contribution in [0.5, 0.6) is 0 Å². The molecule has 2 rings (SSSR count). The summed E-state index contributed by atoms with van der Waals surface area (Å²) in [6.45, 7) is 0.901. The maximum absolute atomic E-state index is 14.0. The van der Waals surface area contributed by atoms with Gasteiger partial charge in [-0.3, -0.25) is 4.90 Å². The predicted molar refractivity (Wildman–Crippen MR) is 77.8 cm³/mol. The Labute approximate surface area is 124 Å². The maximum Gasteiger partial charge on any atom is 0.148 e. The first kappa shape index (κ1) is 14.6. The monoisotopic (exact) mass is 353 g/mol. The highest BCUT2D eigenvalue weighted by atomic mass is 79.9. The predicted octanol–water partition coefficient (Wildman–Crippen LogP) is 3.32. The highest BCUT2D eigenvalue weighted by Crippen LogP contribution is 2.34. The van der Waals surface area contributed by atoms with E-state index >= 15 is 0 Å². The number of halogens is 3. The molecule has 0 amide bonds. The van der Waals surface area contributed by atoms with Crippen LogP contribution in [-0.2, 0) is 0 Å². The van der Waals surface area contributed by atoms with Crippen LogP contribution < -0.4 is 0 Å². The minimum atomic E-state index is -0.853. The van der Waals surface area contributed by atoms with Gasteiger partial charge in [-0.1, -0.05) is 17.7 Å². The first-order valence-corrected chi connectivity index (χ1v) is 7.94. The number of hydrogen-bond acceptors (Lipinski definition) is 3. The Morgan fingerprint density at radius 3 is 3.00 bits per heavy atom. The molecule has 0 aliphatic carbocycles. The van der Waals surface area contributed by atoms with Crippen molar-refractivity contribution in [2.24, 2.45) is 0 Å². The van der Waals surface area contributed by atoms with E-state index in [1.807, 2.05) is 7.05 Å². The summed E-state index contributed by atoms with van der Waals surface area (Å²) in [6.07, 6.45) is -0.853. The minimum absolute atomic E-state index is 0.0256. The Hall–Kier alpha value is 0.190. The molecule has 1 aliphatic rings. The standard InChI is InChI=1S/C12H14BrClFNOS/c1-16-4-5-18-6-9(16)12(17)7-2-3-8(13)10(14)11(7)15/h2-3,9,12,17H,4-6H2,1H3. The van der Waals surface area contributed by atoms with Crippen molar-refractivity contribution in [3.8, 4) is 0 Å². The van der Waals surface area contributed by atoms with Crippen molar-refractivity contribution >= 4 is 39.3 Å². The Bertz CT molecular complexity index is 448. The molecule has 1 aromatic carbocycles. The van der Waals surface area contributed by atoms with Crippen LogP contribution in [0.15, 0.2) is 16.6 Å². The lowest BCUT2D eigenvalue weighted by Gasteiger charge is -2.35. The number of likely N-dealkylation sites (N-methyl/N-ethyl adjacent to an activating group) is 1. The lowest BCUT2D eigenvalue weighted by atomic mass is 10.0. The van der Waals surface area contributed by atoms with Gasteiger partial charge in [0, 0.05) is 34.1 Å². The topological polar surface area (TPSA) is 23.5 Å². The molecule has 1 N–H and O–H groups in total.